The van der Waals surface area contributed by atoms with Crippen LogP contribution >= 0.6 is 0 Å². The van der Waals surface area contributed by atoms with Gasteiger partial charge in [0, 0.05) is 5.69 Å². The number of hydrogen-bond acceptors (Lipinski definition) is 3. The molecule has 1 saturated heterocycles. The van der Waals surface area contributed by atoms with Crippen LogP contribution in [0.5, 0.6) is 0 Å². The predicted octanol–water partition coefficient (Wildman–Crippen LogP) is 1.76. The Bertz CT molecular complexity index is 567. The van der Waals surface area contributed by atoms with Gasteiger partial charge < -0.3 is 14.2 Å². The largest absolute Gasteiger partial charge is 0.463 e. The first-order valence-electron chi connectivity index (χ1n) is 7.61. The van der Waals surface area contributed by atoms with Crippen molar-refractivity contribution in [2.75, 3.05) is 37.6 Å². The van der Waals surface area contributed by atoms with E-state index in [2.05, 4.69) is 41.1 Å². The molecule has 0 atom stereocenters. The molecule has 4 nitrogen and oxygen atoms in total. The molecule has 2 heterocycles. The Labute approximate surface area is 125 Å². The maximum Gasteiger partial charge on any atom is 0.144 e. The number of nitrogens with zero attached hydrogens (tertiary/aromatic N) is 2. The van der Waals surface area contributed by atoms with Gasteiger partial charge in [-0.2, -0.15) is 0 Å². The summed E-state index contributed by atoms with van der Waals surface area (Å²) in [6.45, 7) is 8.23. The van der Waals surface area contributed by atoms with Gasteiger partial charge in [0.05, 0.1) is 50.9 Å². The average Bonchev–Trinajstić information content (AvgIpc) is 3.07. The molecule has 21 heavy (non-hydrogen) atoms. The summed E-state index contributed by atoms with van der Waals surface area (Å²) >= 11 is 0. The smallest absolute Gasteiger partial charge is 0.144 e. The van der Waals surface area contributed by atoms with E-state index in [4.69, 9.17) is 4.42 Å². The molecule has 1 aliphatic heterocycles. The van der Waals surface area contributed by atoms with Gasteiger partial charge in [-0.05, 0) is 43.3 Å². The second-order valence-electron chi connectivity index (χ2n) is 5.38. The van der Waals surface area contributed by atoms with Crippen LogP contribution in [0.1, 0.15) is 12.7 Å². The molecule has 3 rings (SSSR count). The maximum atomic E-state index is 5.23. The molecule has 0 aliphatic carbocycles. The van der Waals surface area contributed by atoms with Crippen molar-refractivity contribution in [1.29, 1.82) is 0 Å². The fourth-order valence-electron chi connectivity index (χ4n) is 2.69. The number of likely N-dealkylation sites (N-methyl/N-ethyl adjacent to an activating group) is 1. The van der Waals surface area contributed by atoms with Crippen LogP contribution in [0.4, 0.5) is 11.4 Å². The van der Waals surface area contributed by atoms with Gasteiger partial charge in [0.15, 0.2) is 0 Å². The van der Waals surface area contributed by atoms with E-state index in [0.29, 0.717) is 0 Å². The molecule has 0 radical (unpaired) electrons. The third kappa shape index (κ3) is 3.52. The highest BCUT2D eigenvalue weighted by molar-refractivity contribution is 5.78. The molecule has 2 aromatic rings. The first-order chi connectivity index (χ1) is 10.3. The van der Waals surface area contributed by atoms with Crippen LogP contribution in [0.2, 0.25) is 0 Å². The monoisotopic (exact) mass is 284 g/mol. The molecule has 0 unspecified atom stereocenters. The summed E-state index contributed by atoms with van der Waals surface area (Å²) in [6, 6.07) is 12.2. The Balaban J connectivity index is 1.62. The Morgan fingerprint density at radius 3 is 2.57 bits per heavy atom. The Morgan fingerprint density at radius 1 is 1.19 bits per heavy atom. The summed E-state index contributed by atoms with van der Waals surface area (Å²) in [5.74, 6) is 0.776. The first-order valence-corrected chi connectivity index (χ1v) is 7.61. The van der Waals surface area contributed by atoms with E-state index in [1.54, 1.807) is 17.4 Å². The van der Waals surface area contributed by atoms with E-state index in [9.17, 15) is 0 Å². The molecule has 0 amide bonds. The minimum Gasteiger partial charge on any atom is -0.463 e. The minimum atomic E-state index is 0.776. The quantitative estimate of drug-likeness (QED) is 0.868. The molecular weight excluding hydrogens is 262 g/mol. The second kappa shape index (κ2) is 6.59. The second-order valence-corrected chi connectivity index (χ2v) is 5.38. The standard InChI is InChI=1S/C17H21N3O/c1-2-19-9-11-20(12-10-19)16-7-5-15(6-8-16)18-14-17-4-3-13-21-17/h3-8,13-14H,2,9-12H2,1H3/p+1. The molecule has 0 saturated carbocycles. The molecule has 1 N–H and O–H groups in total. The lowest BCUT2D eigenvalue weighted by molar-refractivity contribution is -0.898. The molecule has 1 aliphatic rings. The lowest BCUT2D eigenvalue weighted by Crippen LogP contribution is -3.14. The zero-order valence-electron chi connectivity index (χ0n) is 12.5. The van der Waals surface area contributed by atoms with Crippen molar-refractivity contribution >= 4 is 17.6 Å². The summed E-state index contributed by atoms with van der Waals surface area (Å²) < 4.78 is 5.23. The van der Waals surface area contributed by atoms with E-state index >= 15 is 0 Å². The topological polar surface area (TPSA) is 33.2 Å². The summed E-state index contributed by atoms with van der Waals surface area (Å²) in [6.07, 6.45) is 3.40. The zero-order chi connectivity index (χ0) is 14.5. The van der Waals surface area contributed by atoms with Crippen LogP contribution in [0.15, 0.2) is 52.1 Å². The van der Waals surface area contributed by atoms with E-state index < -0.39 is 0 Å². The van der Waals surface area contributed by atoms with Crippen molar-refractivity contribution in [1.82, 2.24) is 0 Å². The normalized spacial score (nSPS) is 16.7. The summed E-state index contributed by atoms with van der Waals surface area (Å²) in [7, 11) is 0. The van der Waals surface area contributed by atoms with Gasteiger partial charge in [-0.1, -0.05) is 0 Å². The molecule has 1 fully saturated rings. The van der Waals surface area contributed by atoms with Crippen molar-refractivity contribution in [3.05, 3.63) is 48.4 Å². The van der Waals surface area contributed by atoms with Gasteiger partial charge >= 0.3 is 0 Å². The number of piperazine rings is 1. The third-order valence-corrected chi connectivity index (χ3v) is 4.07. The number of rotatable bonds is 4. The number of quaternary nitrogens is 1. The molecule has 4 heteroatoms. The molecule has 1 aromatic carbocycles. The van der Waals surface area contributed by atoms with Crippen LogP contribution in [-0.4, -0.2) is 38.9 Å². The summed E-state index contributed by atoms with van der Waals surface area (Å²) in [5.41, 5.74) is 2.25. The van der Waals surface area contributed by atoms with Crippen molar-refractivity contribution in [2.45, 2.75) is 6.92 Å². The molecule has 1 aromatic heterocycles. The van der Waals surface area contributed by atoms with Crippen molar-refractivity contribution in [3.63, 3.8) is 0 Å². The number of furan rings is 1. The van der Waals surface area contributed by atoms with E-state index in [0.717, 1.165) is 24.5 Å². The molecular formula is C17H22N3O+. The lowest BCUT2D eigenvalue weighted by Gasteiger charge is -2.33. The fraction of sp³-hybridized carbons (Fsp3) is 0.353. The van der Waals surface area contributed by atoms with Crippen LogP contribution in [-0.2, 0) is 0 Å². The average molecular weight is 284 g/mol. The minimum absolute atomic E-state index is 0.776. The Kier molecular flexibility index (Phi) is 4.36. The van der Waals surface area contributed by atoms with Crippen LogP contribution in [0, 0.1) is 0 Å². The van der Waals surface area contributed by atoms with Gasteiger partial charge in [0.2, 0.25) is 0 Å². The zero-order valence-corrected chi connectivity index (χ0v) is 12.5. The number of anilines is 1. The van der Waals surface area contributed by atoms with Crippen molar-refractivity contribution in [3.8, 4) is 0 Å². The van der Waals surface area contributed by atoms with Crippen LogP contribution in [0.3, 0.4) is 0 Å². The number of aliphatic imine (C=N–C) groups is 1. The van der Waals surface area contributed by atoms with Gasteiger partial charge in [-0.15, -0.1) is 0 Å². The fourth-order valence-corrected chi connectivity index (χ4v) is 2.69. The highest BCUT2D eigenvalue weighted by atomic mass is 16.3. The summed E-state index contributed by atoms with van der Waals surface area (Å²) in [5, 5.41) is 0. The maximum absolute atomic E-state index is 5.23. The van der Waals surface area contributed by atoms with Gasteiger partial charge in [0.25, 0.3) is 0 Å². The summed E-state index contributed by atoms with van der Waals surface area (Å²) in [4.78, 5) is 8.58. The molecule has 110 valence electrons. The number of benzene rings is 1. The van der Waals surface area contributed by atoms with Crippen LogP contribution in [0.25, 0.3) is 0 Å². The molecule has 0 bridgehead atoms. The highest BCUT2D eigenvalue weighted by Crippen LogP contribution is 2.19. The van der Waals surface area contributed by atoms with Crippen LogP contribution < -0.4 is 9.80 Å². The van der Waals surface area contributed by atoms with Gasteiger partial charge in [-0.25, -0.2) is 0 Å². The van der Waals surface area contributed by atoms with E-state index in [1.165, 1.54) is 25.3 Å². The Hall–Kier alpha value is -2.07. The first kappa shape index (κ1) is 13.9. The van der Waals surface area contributed by atoms with Crippen molar-refractivity contribution in [2.24, 2.45) is 4.99 Å². The third-order valence-electron chi connectivity index (χ3n) is 4.07. The van der Waals surface area contributed by atoms with Crippen molar-refractivity contribution < 1.29 is 9.32 Å². The number of hydrogen-bond donors (Lipinski definition) is 1. The molecule has 0 spiro atoms. The van der Waals surface area contributed by atoms with E-state index in [-0.39, 0.29) is 0 Å². The lowest BCUT2D eigenvalue weighted by atomic mass is 10.2. The SMILES string of the molecule is CC[NH+]1CCN(c2ccc(N=Cc3ccco3)cc2)CC1. The predicted molar refractivity (Wildman–Crippen MR) is 85.9 cm³/mol. The van der Waals surface area contributed by atoms with Gasteiger partial charge in [-0.3, -0.25) is 4.99 Å². The Morgan fingerprint density at radius 2 is 1.95 bits per heavy atom. The number of nitrogens with one attached hydrogen (secondary N) is 1. The van der Waals surface area contributed by atoms with E-state index in [1.807, 2.05) is 12.1 Å². The highest BCUT2D eigenvalue weighted by Gasteiger charge is 2.18. The van der Waals surface area contributed by atoms with Gasteiger partial charge in [0.1, 0.15) is 5.76 Å².